The molecule has 2 aliphatic rings. The summed E-state index contributed by atoms with van der Waals surface area (Å²) in [5.41, 5.74) is 1.63. The van der Waals surface area contributed by atoms with Crippen LogP contribution in [0.3, 0.4) is 0 Å². The first-order chi connectivity index (χ1) is 15.6. The fourth-order valence-corrected chi connectivity index (χ4v) is 4.95. The Morgan fingerprint density at radius 2 is 1.91 bits per heavy atom. The second kappa shape index (κ2) is 8.67. The first kappa shape index (κ1) is 21.2. The van der Waals surface area contributed by atoms with Crippen molar-refractivity contribution in [2.24, 2.45) is 0 Å². The van der Waals surface area contributed by atoms with Crippen molar-refractivity contribution in [3.05, 3.63) is 58.6 Å². The predicted octanol–water partition coefficient (Wildman–Crippen LogP) is 5.37. The third-order valence-corrected chi connectivity index (χ3v) is 6.78. The summed E-state index contributed by atoms with van der Waals surface area (Å²) in [6.07, 6.45) is 4.21. The van der Waals surface area contributed by atoms with Gasteiger partial charge >= 0.3 is 0 Å². The minimum absolute atomic E-state index is 0.195. The summed E-state index contributed by atoms with van der Waals surface area (Å²) in [5, 5.41) is 4.81. The van der Waals surface area contributed by atoms with E-state index in [-0.39, 0.29) is 11.9 Å². The molecule has 8 heteroatoms. The van der Waals surface area contributed by atoms with Crippen LogP contribution in [-0.4, -0.2) is 40.0 Å². The van der Waals surface area contributed by atoms with Crippen LogP contribution in [0, 0.1) is 10.6 Å². The molecule has 1 aromatic heterocycles. The van der Waals surface area contributed by atoms with Crippen molar-refractivity contribution >= 4 is 12.2 Å². The van der Waals surface area contributed by atoms with Crippen molar-refractivity contribution in [1.82, 2.24) is 19.2 Å². The molecule has 1 saturated heterocycles. The lowest BCUT2D eigenvalue weighted by atomic mass is 10.0. The maximum absolute atomic E-state index is 14.6. The summed E-state index contributed by atoms with van der Waals surface area (Å²) in [4.78, 5) is 2.37. The second-order valence-corrected chi connectivity index (χ2v) is 8.77. The molecule has 168 valence electrons. The molecule has 0 radical (unpaired) electrons. The molecule has 1 unspecified atom stereocenters. The lowest BCUT2D eigenvalue weighted by Crippen LogP contribution is -2.27. The van der Waals surface area contributed by atoms with Gasteiger partial charge < -0.3 is 9.47 Å². The molecule has 5 rings (SSSR count). The third kappa shape index (κ3) is 3.82. The minimum atomic E-state index is -0.274. The molecule has 2 aromatic carbocycles. The van der Waals surface area contributed by atoms with Crippen LogP contribution in [0.1, 0.15) is 43.3 Å². The lowest BCUT2D eigenvalue weighted by Gasteiger charge is -2.26. The van der Waals surface area contributed by atoms with Crippen LogP contribution in [0.25, 0.3) is 11.4 Å². The van der Waals surface area contributed by atoms with Crippen molar-refractivity contribution in [2.45, 2.75) is 44.4 Å². The van der Waals surface area contributed by atoms with Gasteiger partial charge in [-0.1, -0.05) is 18.2 Å². The zero-order valence-corrected chi connectivity index (χ0v) is 19.1. The quantitative estimate of drug-likeness (QED) is 0.449. The van der Waals surface area contributed by atoms with Crippen molar-refractivity contribution in [3.8, 4) is 22.9 Å². The largest absolute Gasteiger partial charge is 0.497 e. The van der Waals surface area contributed by atoms with E-state index in [1.54, 1.807) is 26.4 Å². The lowest BCUT2D eigenvalue weighted by molar-refractivity contribution is 0.186. The maximum atomic E-state index is 14.6. The van der Waals surface area contributed by atoms with Crippen LogP contribution < -0.4 is 9.47 Å². The Labute approximate surface area is 192 Å². The number of hydrogen-bond acceptors (Lipinski definition) is 5. The predicted molar refractivity (Wildman–Crippen MR) is 123 cm³/mol. The van der Waals surface area contributed by atoms with E-state index in [1.807, 2.05) is 27.4 Å². The van der Waals surface area contributed by atoms with Gasteiger partial charge in [-0.2, -0.15) is 5.10 Å². The summed E-state index contributed by atoms with van der Waals surface area (Å²) in [6, 6.07) is 13.3. The van der Waals surface area contributed by atoms with E-state index in [0.29, 0.717) is 28.9 Å². The van der Waals surface area contributed by atoms with Crippen molar-refractivity contribution < 1.29 is 13.9 Å². The van der Waals surface area contributed by atoms with E-state index in [0.717, 1.165) is 49.3 Å². The van der Waals surface area contributed by atoms with Gasteiger partial charge in [0, 0.05) is 30.3 Å². The highest BCUT2D eigenvalue weighted by Crippen LogP contribution is 2.41. The minimum Gasteiger partial charge on any atom is -0.497 e. The van der Waals surface area contributed by atoms with E-state index in [9.17, 15) is 4.39 Å². The molecule has 32 heavy (non-hydrogen) atoms. The molecular weight excluding hydrogens is 427 g/mol. The van der Waals surface area contributed by atoms with Gasteiger partial charge in [-0.05, 0) is 56.1 Å². The number of likely N-dealkylation sites (tertiary alicyclic amines) is 1. The summed E-state index contributed by atoms with van der Waals surface area (Å²) < 4.78 is 30.1. The molecule has 1 saturated carbocycles. The van der Waals surface area contributed by atoms with E-state index < -0.39 is 0 Å². The van der Waals surface area contributed by atoms with Gasteiger partial charge in [0.15, 0.2) is 10.6 Å². The van der Waals surface area contributed by atoms with Crippen molar-refractivity contribution in [3.63, 3.8) is 0 Å². The molecule has 3 aromatic rings. The molecule has 0 spiro atoms. The number of rotatable bonds is 7. The van der Waals surface area contributed by atoms with Crippen LogP contribution in [0.4, 0.5) is 4.39 Å². The normalized spacial score (nSPS) is 18.8. The van der Waals surface area contributed by atoms with Crippen LogP contribution >= 0.6 is 12.2 Å². The Hall–Kier alpha value is -2.71. The number of halogens is 1. The first-order valence-electron chi connectivity index (χ1n) is 11.0. The van der Waals surface area contributed by atoms with Crippen LogP contribution in [-0.2, 0) is 6.67 Å². The molecule has 1 aliphatic carbocycles. The van der Waals surface area contributed by atoms with Gasteiger partial charge in [0.2, 0.25) is 0 Å². The number of methoxy groups -OCH3 is 2. The molecular formula is C24H27FN4O2S. The standard InChI is InChI=1S/C24H27FN4O2S/c1-30-17-11-12-19(22(14-17)31-2)21-8-5-13-27(21)15-28-24(32)29(16-9-10-16)23(26-28)18-6-3-4-7-20(18)25/h3-4,6-7,11-12,14,16,21H,5,8-10,13,15H2,1-2H3. The number of ether oxygens (including phenoxy) is 2. The van der Waals surface area contributed by atoms with Gasteiger partial charge in [-0.25, -0.2) is 9.07 Å². The summed E-state index contributed by atoms with van der Waals surface area (Å²) >= 11 is 5.82. The second-order valence-electron chi connectivity index (χ2n) is 8.41. The Bertz CT molecular complexity index is 1190. The molecule has 0 N–H and O–H groups in total. The van der Waals surface area contributed by atoms with Gasteiger partial charge in [-0.15, -0.1) is 0 Å². The van der Waals surface area contributed by atoms with E-state index in [4.69, 9.17) is 26.8 Å². The van der Waals surface area contributed by atoms with Crippen LogP contribution in [0.5, 0.6) is 11.5 Å². The Morgan fingerprint density at radius 3 is 2.62 bits per heavy atom. The van der Waals surface area contributed by atoms with E-state index in [2.05, 4.69) is 11.0 Å². The zero-order chi connectivity index (χ0) is 22.2. The number of hydrogen-bond donors (Lipinski definition) is 0. The summed E-state index contributed by atoms with van der Waals surface area (Å²) in [6.45, 7) is 1.49. The van der Waals surface area contributed by atoms with Crippen molar-refractivity contribution in [1.29, 1.82) is 0 Å². The third-order valence-electron chi connectivity index (χ3n) is 6.38. The maximum Gasteiger partial charge on any atom is 0.199 e. The smallest absolute Gasteiger partial charge is 0.199 e. The molecule has 0 amide bonds. The molecule has 6 nitrogen and oxygen atoms in total. The average Bonchev–Trinajstić information content (AvgIpc) is 3.46. The molecule has 1 atom stereocenters. The van der Waals surface area contributed by atoms with E-state index in [1.165, 1.54) is 6.07 Å². The Morgan fingerprint density at radius 1 is 1.09 bits per heavy atom. The fraction of sp³-hybridized carbons (Fsp3) is 0.417. The Kier molecular flexibility index (Phi) is 5.73. The Balaban J connectivity index is 1.48. The summed E-state index contributed by atoms with van der Waals surface area (Å²) in [5.74, 6) is 1.94. The molecule has 1 aliphatic heterocycles. The van der Waals surface area contributed by atoms with Gasteiger partial charge in [0.25, 0.3) is 0 Å². The van der Waals surface area contributed by atoms with Gasteiger partial charge in [0.1, 0.15) is 17.3 Å². The summed E-state index contributed by atoms with van der Waals surface area (Å²) in [7, 11) is 3.34. The molecule has 2 heterocycles. The number of aromatic nitrogens is 3. The number of nitrogens with zero attached hydrogens (tertiary/aromatic N) is 4. The van der Waals surface area contributed by atoms with E-state index >= 15 is 0 Å². The van der Waals surface area contributed by atoms with Crippen LogP contribution in [0.2, 0.25) is 0 Å². The van der Waals surface area contributed by atoms with Gasteiger partial charge in [-0.3, -0.25) is 9.47 Å². The topological polar surface area (TPSA) is 44.5 Å². The average molecular weight is 455 g/mol. The van der Waals surface area contributed by atoms with Gasteiger partial charge in [0.05, 0.1) is 26.5 Å². The highest BCUT2D eigenvalue weighted by atomic mass is 32.1. The number of benzene rings is 2. The monoisotopic (exact) mass is 454 g/mol. The first-order valence-corrected chi connectivity index (χ1v) is 11.4. The molecule has 0 bridgehead atoms. The SMILES string of the molecule is COc1ccc(C2CCCN2Cn2nc(-c3ccccc3F)n(C3CC3)c2=S)c(OC)c1. The zero-order valence-electron chi connectivity index (χ0n) is 18.3. The molecule has 2 fully saturated rings. The fourth-order valence-electron chi connectivity index (χ4n) is 4.61. The van der Waals surface area contributed by atoms with Crippen LogP contribution in [0.15, 0.2) is 42.5 Å². The highest BCUT2D eigenvalue weighted by molar-refractivity contribution is 7.71. The highest BCUT2D eigenvalue weighted by Gasteiger charge is 2.32. The van der Waals surface area contributed by atoms with Crippen molar-refractivity contribution in [2.75, 3.05) is 20.8 Å².